The van der Waals surface area contributed by atoms with E-state index in [2.05, 4.69) is 35.8 Å². The van der Waals surface area contributed by atoms with Gasteiger partial charge in [-0.25, -0.2) is 4.63 Å². The summed E-state index contributed by atoms with van der Waals surface area (Å²) in [6, 6.07) is 0. The second kappa shape index (κ2) is 3.32. The quantitative estimate of drug-likeness (QED) is 0.599. The number of carbonyl (C=O) groups is 1. The molecule has 0 aliphatic heterocycles. The Morgan fingerprint density at radius 3 is 2.93 bits per heavy atom. The fourth-order valence-corrected chi connectivity index (χ4v) is 0.909. The maximum atomic E-state index is 10.8. The molecular weight excluding hydrogens is 206 g/mol. The first-order chi connectivity index (χ1) is 7.18. The van der Waals surface area contributed by atoms with Crippen molar-refractivity contribution in [2.75, 3.05) is 5.32 Å². The third kappa shape index (κ3) is 1.59. The smallest absolute Gasteiger partial charge is 0.248 e. The van der Waals surface area contributed by atoms with Gasteiger partial charge < -0.3 is 10.5 Å². The zero-order valence-electron chi connectivity index (χ0n) is 7.45. The van der Waals surface area contributed by atoms with Crippen LogP contribution in [0.4, 0.5) is 5.82 Å². The molecule has 0 bridgehead atoms. The van der Waals surface area contributed by atoms with Gasteiger partial charge in [-0.3, -0.25) is 4.79 Å². The molecule has 0 aliphatic rings. The molecule has 0 aromatic carbocycles. The summed E-state index contributed by atoms with van der Waals surface area (Å²) in [5.41, 5.74) is 0.0395. The molecular formula is C5H5N7O3. The van der Waals surface area contributed by atoms with Crippen LogP contribution in [0.1, 0.15) is 6.92 Å². The normalized spacial score (nSPS) is 10.2. The Labute approximate surface area is 81.8 Å². The second-order valence-electron chi connectivity index (χ2n) is 2.53. The largest absolute Gasteiger partial charge is 0.409 e. The highest BCUT2D eigenvalue weighted by Crippen LogP contribution is 2.20. The van der Waals surface area contributed by atoms with Crippen molar-refractivity contribution in [1.29, 1.82) is 0 Å². The average Bonchev–Trinajstić information content (AvgIpc) is 2.73. The fourth-order valence-electron chi connectivity index (χ4n) is 0.909. The molecule has 1 amide bonds. The van der Waals surface area contributed by atoms with Crippen LogP contribution in [-0.2, 0) is 4.79 Å². The van der Waals surface area contributed by atoms with Crippen LogP contribution in [0.15, 0.2) is 4.63 Å². The monoisotopic (exact) mass is 211 g/mol. The molecule has 0 atom stereocenters. The van der Waals surface area contributed by atoms with Gasteiger partial charge in [0.2, 0.25) is 23.2 Å². The Kier molecular flexibility index (Phi) is 2.00. The summed E-state index contributed by atoms with van der Waals surface area (Å²) in [6.07, 6.45) is 0. The van der Waals surface area contributed by atoms with Crippen molar-refractivity contribution in [3.63, 3.8) is 0 Å². The lowest BCUT2D eigenvalue weighted by Crippen LogP contribution is -2.08. The molecule has 0 fully saturated rings. The highest BCUT2D eigenvalue weighted by molar-refractivity contribution is 5.90. The lowest BCUT2D eigenvalue weighted by atomic mass is 10.4. The molecule has 10 nitrogen and oxygen atoms in total. The molecule has 2 heterocycles. The number of tetrazole rings is 1. The summed E-state index contributed by atoms with van der Waals surface area (Å²) in [7, 11) is 0. The lowest BCUT2D eigenvalue weighted by molar-refractivity contribution is -0.114. The van der Waals surface area contributed by atoms with Crippen molar-refractivity contribution in [3.8, 4) is 11.5 Å². The first-order valence-corrected chi connectivity index (χ1v) is 3.76. The Bertz CT molecular complexity index is 488. The average molecular weight is 211 g/mol. The van der Waals surface area contributed by atoms with Crippen molar-refractivity contribution in [1.82, 2.24) is 30.7 Å². The van der Waals surface area contributed by atoms with Gasteiger partial charge in [0.25, 0.3) is 0 Å². The molecule has 10 heteroatoms. The number of amides is 1. The van der Waals surface area contributed by atoms with Crippen molar-refractivity contribution < 1.29 is 14.6 Å². The molecule has 2 rings (SSSR count). The highest BCUT2D eigenvalue weighted by Gasteiger charge is 2.19. The zero-order valence-corrected chi connectivity index (χ0v) is 7.45. The van der Waals surface area contributed by atoms with Gasteiger partial charge in [0.15, 0.2) is 0 Å². The zero-order chi connectivity index (χ0) is 10.8. The Morgan fingerprint density at radius 2 is 2.33 bits per heavy atom. The summed E-state index contributed by atoms with van der Waals surface area (Å²) in [5, 5.41) is 28.2. The molecule has 0 radical (unpaired) electrons. The molecule has 0 spiro atoms. The van der Waals surface area contributed by atoms with E-state index in [1.165, 1.54) is 6.92 Å². The van der Waals surface area contributed by atoms with E-state index in [-0.39, 0.29) is 23.2 Å². The van der Waals surface area contributed by atoms with Crippen LogP contribution in [0.5, 0.6) is 0 Å². The van der Waals surface area contributed by atoms with E-state index < -0.39 is 0 Å². The minimum Gasteiger partial charge on any atom is -0.409 e. The SMILES string of the molecule is CC(=O)Nc1nonc1-c1nnnn1O. The molecule has 2 aromatic heterocycles. The summed E-state index contributed by atoms with van der Waals surface area (Å²) in [5.74, 6) is -0.406. The van der Waals surface area contributed by atoms with Crippen molar-refractivity contribution >= 4 is 11.7 Å². The Hall–Kier alpha value is -2.52. The van der Waals surface area contributed by atoms with Crippen LogP contribution in [0.2, 0.25) is 0 Å². The van der Waals surface area contributed by atoms with Gasteiger partial charge in [-0.15, -0.1) is 5.10 Å². The Morgan fingerprint density at radius 1 is 1.53 bits per heavy atom. The van der Waals surface area contributed by atoms with E-state index in [4.69, 9.17) is 5.21 Å². The number of rotatable bonds is 2. The summed E-state index contributed by atoms with van der Waals surface area (Å²) >= 11 is 0. The van der Waals surface area contributed by atoms with Crippen LogP contribution in [0.25, 0.3) is 11.5 Å². The standard InChI is InChI=1S/C5H5N7O3/c1-2(13)6-4-3(8-15-9-4)5-7-10-11-12(5)14/h14H,1H3,(H,6,9,13). The van der Waals surface area contributed by atoms with Gasteiger partial charge in [0.05, 0.1) is 0 Å². The van der Waals surface area contributed by atoms with Gasteiger partial charge in [0, 0.05) is 6.92 Å². The number of nitrogens with one attached hydrogen (secondary N) is 1. The first kappa shape index (κ1) is 9.05. The van der Waals surface area contributed by atoms with Crippen LogP contribution in [0, 0.1) is 0 Å². The molecule has 0 saturated heterocycles. The molecule has 78 valence electrons. The van der Waals surface area contributed by atoms with Crippen molar-refractivity contribution in [2.24, 2.45) is 0 Å². The van der Waals surface area contributed by atoms with Gasteiger partial charge in [-0.2, -0.15) is 0 Å². The van der Waals surface area contributed by atoms with E-state index >= 15 is 0 Å². The van der Waals surface area contributed by atoms with E-state index in [0.717, 1.165) is 0 Å². The Balaban J connectivity index is 2.41. The minimum atomic E-state index is -0.357. The number of aromatic nitrogens is 6. The fraction of sp³-hybridized carbons (Fsp3) is 0.200. The highest BCUT2D eigenvalue weighted by atomic mass is 16.6. The van der Waals surface area contributed by atoms with E-state index in [9.17, 15) is 4.79 Å². The second-order valence-corrected chi connectivity index (χ2v) is 2.53. The van der Waals surface area contributed by atoms with Crippen LogP contribution in [-0.4, -0.2) is 41.8 Å². The maximum absolute atomic E-state index is 10.8. The number of anilines is 1. The number of carbonyl (C=O) groups excluding carboxylic acids is 1. The number of nitrogens with zero attached hydrogens (tertiary/aromatic N) is 6. The molecule has 0 aliphatic carbocycles. The predicted molar refractivity (Wildman–Crippen MR) is 42.6 cm³/mol. The van der Waals surface area contributed by atoms with Crippen molar-refractivity contribution in [3.05, 3.63) is 0 Å². The topological polar surface area (TPSA) is 132 Å². The summed E-state index contributed by atoms with van der Waals surface area (Å²) in [4.78, 5) is 11.2. The van der Waals surface area contributed by atoms with Crippen LogP contribution < -0.4 is 5.32 Å². The number of hydrogen-bond acceptors (Lipinski definition) is 8. The molecule has 2 N–H and O–H groups in total. The minimum absolute atomic E-state index is 0.0348. The maximum Gasteiger partial charge on any atom is 0.248 e. The van der Waals surface area contributed by atoms with Gasteiger partial charge >= 0.3 is 0 Å². The third-order valence-electron chi connectivity index (χ3n) is 1.45. The molecule has 2 aromatic rings. The van der Waals surface area contributed by atoms with E-state index in [0.29, 0.717) is 4.85 Å². The lowest BCUT2D eigenvalue weighted by Gasteiger charge is -1.96. The van der Waals surface area contributed by atoms with Crippen LogP contribution >= 0.6 is 0 Å². The first-order valence-electron chi connectivity index (χ1n) is 3.76. The predicted octanol–water partition coefficient (Wildman–Crippen LogP) is -1.08. The summed E-state index contributed by atoms with van der Waals surface area (Å²) < 4.78 is 4.39. The van der Waals surface area contributed by atoms with Crippen molar-refractivity contribution in [2.45, 2.75) is 6.92 Å². The summed E-state index contributed by atoms with van der Waals surface area (Å²) in [6.45, 7) is 1.29. The van der Waals surface area contributed by atoms with Gasteiger partial charge in [-0.05, 0) is 20.7 Å². The third-order valence-corrected chi connectivity index (χ3v) is 1.45. The van der Waals surface area contributed by atoms with Gasteiger partial charge in [0.1, 0.15) is 0 Å². The molecule has 0 saturated carbocycles. The van der Waals surface area contributed by atoms with E-state index in [1.54, 1.807) is 0 Å². The molecule has 0 unspecified atom stereocenters. The number of hydrogen-bond donors (Lipinski definition) is 2. The van der Waals surface area contributed by atoms with Gasteiger partial charge in [-0.1, -0.05) is 4.85 Å². The van der Waals surface area contributed by atoms with Crippen LogP contribution in [0.3, 0.4) is 0 Å². The molecule has 15 heavy (non-hydrogen) atoms. The van der Waals surface area contributed by atoms with E-state index in [1.807, 2.05) is 0 Å².